The highest BCUT2D eigenvalue weighted by Gasteiger charge is 2.35. The molecule has 0 bridgehead atoms. The van der Waals surface area contributed by atoms with Crippen molar-refractivity contribution in [2.45, 2.75) is 18.9 Å². The van der Waals surface area contributed by atoms with Crippen LogP contribution in [0, 0.1) is 0 Å². The lowest BCUT2D eigenvalue weighted by atomic mass is 9.97. The number of aromatic nitrogens is 1. The highest BCUT2D eigenvalue weighted by atomic mass is 32.2. The van der Waals surface area contributed by atoms with Gasteiger partial charge in [-0.2, -0.15) is 0 Å². The van der Waals surface area contributed by atoms with Crippen molar-refractivity contribution in [3.63, 3.8) is 0 Å². The number of ketones is 2. The largest absolute Gasteiger partial charge is 0.378 e. The second-order valence-electron chi connectivity index (χ2n) is 4.38. The van der Waals surface area contributed by atoms with Crippen molar-refractivity contribution in [3.05, 3.63) is 40.2 Å². The number of carbonyl (C=O) groups excluding carboxylic acids is 2. The summed E-state index contributed by atoms with van der Waals surface area (Å²) in [6, 6.07) is 3.69. The molecule has 0 aliphatic heterocycles. The molecule has 1 aromatic heterocycles. The van der Waals surface area contributed by atoms with E-state index >= 15 is 0 Å². The maximum atomic E-state index is 12.4. The Labute approximate surface area is 109 Å². The van der Waals surface area contributed by atoms with Crippen LogP contribution in [0.1, 0.15) is 33.7 Å². The Morgan fingerprint density at radius 3 is 2.78 bits per heavy atom. The van der Waals surface area contributed by atoms with Gasteiger partial charge in [-0.25, -0.2) is 0 Å². The summed E-state index contributed by atoms with van der Waals surface area (Å²) in [5.41, 5.74) is 1.13. The summed E-state index contributed by atoms with van der Waals surface area (Å²) in [4.78, 5) is 29.2. The quantitative estimate of drug-likeness (QED) is 0.897. The molecule has 1 aromatic rings. The van der Waals surface area contributed by atoms with Crippen LogP contribution >= 0.6 is 11.8 Å². The average Bonchev–Trinajstić information content (AvgIpc) is 3.20. The fourth-order valence-electron chi connectivity index (χ4n) is 1.99. The van der Waals surface area contributed by atoms with Crippen LogP contribution in [-0.2, 0) is 0 Å². The Morgan fingerprint density at radius 1 is 1.33 bits per heavy atom. The van der Waals surface area contributed by atoms with E-state index < -0.39 is 0 Å². The number of fused-ring (bicyclic) bond motifs is 1. The molecular weight excluding hydrogens is 248 g/mol. The molecule has 5 heteroatoms. The Hall–Kier alpha value is -1.62. The van der Waals surface area contributed by atoms with Gasteiger partial charge in [0.25, 0.3) is 0 Å². The lowest BCUT2D eigenvalue weighted by Crippen LogP contribution is -2.31. The number of hydrogen-bond acceptors (Lipinski definition) is 5. The monoisotopic (exact) mass is 260 g/mol. The molecule has 3 rings (SSSR count). The summed E-state index contributed by atoms with van der Waals surface area (Å²) in [7, 11) is 0. The molecular formula is C13H12N2O2S. The van der Waals surface area contributed by atoms with Crippen LogP contribution in [-0.4, -0.2) is 28.8 Å². The molecule has 0 unspecified atom stereocenters. The van der Waals surface area contributed by atoms with Crippen LogP contribution in [0.5, 0.6) is 0 Å². The van der Waals surface area contributed by atoms with Crippen molar-refractivity contribution in [2.75, 3.05) is 6.26 Å². The van der Waals surface area contributed by atoms with E-state index in [1.165, 1.54) is 11.8 Å². The van der Waals surface area contributed by atoms with Gasteiger partial charge in [-0.3, -0.25) is 14.6 Å². The van der Waals surface area contributed by atoms with Gasteiger partial charge in [-0.1, -0.05) is 0 Å². The molecule has 0 aromatic carbocycles. The first-order valence-electron chi connectivity index (χ1n) is 5.81. The zero-order chi connectivity index (χ0) is 12.7. The summed E-state index contributed by atoms with van der Waals surface area (Å²) in [6.07, 6.45) is 5.48. The van der Waals surface area contributed by atoms with Gasteiger partial charge in [0, 0.05) is 12.2 Å². The third-order valence-electron chi connectivity index (χ3n) is 3.06. The molecule has 1 fully saturated rings. The minimum atomic E-state index is -0.152. The molecule has 4 nitrogen and oxygen atoms in total. The fraction of sp³-hybridized carbons (Fsp3) is 0.308. The van der Waals surface area contributed by atoms with E-state index in [4.69, 9.17) is 0 Å². The average molecular weight is 260 g/mol. The Bertz CT molecular complexity index is 576. The van der Waals surface area contributed by atoms with E-state index in [9.17, 15) is 9.59 Å². The normalized spacial score (nSPS) is 18.9. The van der Waals surface area contributed by atoms with Crippen molar-refractivity contribution >= 4 is 23.3 Å². The molecule has 0 saturated heterocycles. The highest BCUT2D eigenvalue weighted by molar-refractivity contribution is 8.03. The van der Waals surface area contributed by atoms with Crippen LogP contribution < -0.4 is 5.32 Å². The molecule has 18 heavy (non-hydrogen) atoms. The number of carbonyl (C=O) groups is 2. The van der Waals surface area contributed by atoms with Gasteiger partial charge >= 0.3 is 0 Å². The first-order chi connectivity index (χ1) is 8.72. The van der Waals surface area contributed by atoms with Crippen molar-refractivity contribution in [1.82, 2.24) is 10.3 Å². The van der Waals surface area contributed by atoms with E-state index in [1.807, 2.05) is 6.26 Å². The fourth-order valence-corrected chi connectivity index (χ4v) is 2.62. The Morgan fingerprint density at radius 2 is 2.11 bits per heavy atom. The van der Waals surface area contributed by atoms with Crippen LogP contribution in [0.15, 0.2) is 28.9 Å². The SMILES string of the molecule is CSC1=C(NC2CC2)C(=O)c2cccnc2C1=O. The molecule has 0 amide bonds. The standard InChI is InChI=1S/C13H12N2O2S/c1-18-13-10(15-7-4-5-7)11(16)8-3-2-6-14-9(8)12(13)17/h2-3,6-7,15H,4-5H2,1H3. The number of pyridine rings is 1. The molecule has 1 saturated carbocycles. The van der Waals surface area contributed by atoms with Crippen LogP contribution in [0.25, 0.3) is 0 Å². The number of thioether (sulfide) groups is 1. The van der Waals surface area contributed by atoms with Gasteiger partial charge in [-0.05, 0) is 31.2 Å². The van der Waals surface area contributed by atoms with E-state index in [2.05, 4.69) is 10.3 Å². The Kier molecular flexibility index (Phi) is 2.70. The molecule has 0 atom stereocenters. The van der Waals surface area contributed by atoms with Crippen molar-refractivity contribution in [2.24, 2.45) is 0 Å². The minimum absolute atomic E-state index is 0.117. The van der Waals surface area contributed by atoms with E-state index in [1.54, 1.807) is 18.3 Å². The lowest BCUT2D eigenvalue weighted by molar-refractivity contribution is 0.0971. The number of nitrogens with one attached hydrogen (secondary N) is 1. The predicted octanol–water partition coefficient (Wildman–Crippen LogP) is 1.79. The number of allylic oxidation sites excluding steroid dienone is 2. The minimum Gasteiger partial charge on any atom is -0.378 e. The smallest absolute Gasteiger partial charge is 0.220 e. The van der Waals surface area contributed by atoms with Gasteiger partial charge in [0.1, 0.15) is 11.4 Å². The number of nitrogens with zero attached hydrogens (tertiary/aromatic N) is 1. The zero-order valence-corrected chi connectivity index (χ0v) is 10.7. The van der Waals surface area contributed by atoms with Crippen LogP contribution in [0.3, 0.4) is 0 Å². The van der Waals surface area contributed by atoms with Crippen molar-refractivity contribution in [1.29, 1.82) is 0 Å². The molecule has 2 aliphatic rings. The van der Waals surface area contributed by atoms with E-state index in [0.717, 1.165) is 12.8 Å². The van der Waals surface area contributed by atoms with Gasteiger partial charge in [0.2, 0.25) is 11.6 Å². The second-order valence-corrected chi connectivity index (χ2v) is 5.20. The van der Waals surface area contributed by atoms with Crippen LogP contribution in [0.4, 0.5) is 0 Å². The van der Waals surface area contributed by atoms with Gasteiger partial charge in [0.15, 0.2) is 0 Å². The second kappa shape index (κ2) is 4.24. The van der Waals surface area contributed by atoms with Crippen LogP contribution in [0.2, 0.25) is 0 Å². The third kappa shape index (κ3) is 1.75. The molecule has 2 aliphatic carbocycles. The number of Topliss-reactive ketones (excluding diaryl/α,β-unsaturated/α-hetero) is 2. The summed E-state index contributed by atoms with van der Waals surface area (Å²) < 4.78 is 0. The number of rotatable bonds is 3. The summed E-state index contributed by atoms with van der Waals surface area (Å²) in [5.74, 6) is -0.269. The molecule has 0 spiro atoms. The maximum Gasteiger partial charge on any atom is 0.220 e. The first kappa shape index (κ1) is 11.5. The maximum absolute atomic E-state index is 12.4. The summed E-state index contributed by atoms with van der Waals surface area (Å²) >= 11 is 1.31. The topological polar surface area (TPSA) is 59.1 Å². The zero-order valence-electron chi connectivity index (χ0n) is 9.90. The molecule has 1 N–H and O–H groups in total. The van der Waals surface area contributed by atoms with Gasteiger partial charge in [0.05, 0.1) is 10.5 Å². The third-order valence-corrected chi connectivity index (χ3v) is 3.86. The van der Waals surface area contributed by atoms with Gasteiger partial charge in [-0.15, -0.1) is 11.8 Å². The summed E-state index contributed by atoms with van der Waals surface area (Å²) in [5, 5.41) is 3.18. The van der Waals surface area contributed by atoms with Crippen molar-refractivity contribution in [3.8, 4) is 0 Å². The van der Waals surface area contributed by atoms with E-state index in [0.29, 0.717) is 22.2 Å². The number of hydrogen-bond donors (Lipinski definition) is 1. The molecule has 1 heterocycles. The first-order valence-corrected chi connectivity index (χ1v) is 7.04. The lowest BCUT2D eigenvalue weighted by Gasteiger charge is -2.19. The van der Waals surface area contributed by atoms with E-state index in [-0.39, 0.29) is 17.3 Å². The highest BCUT2D eigenvalue weighted by Crippen LogP contribution is 2.31. The van der Waals surface area contributed by atoms with Gasteiger partial charge < -0.3 is 5.32 Å². The predicted molar refractivity (Wildman–Crippen MR) is 69.6 cm³/mol. The molecule has 0 radical (unpaired) electrons. The summed E-state index contributed by atoms with van der Waals surface area (Å²) in [6.45, 7) is 0. The Balaban J connectivity index is 2.10. The van der Waals surface area contributed by atoms with Crippen molar-refractivity contribution < 1.29 is 9.59 Å². The molecule has 92 valence electrons.